The zero-order valence-corrected chi connectivity index (χ0v) is 14.8. The molecule has 0 radical (unpaired) electrons. The van der Waals surface area contributed by atoms with Gasteiger partial charge in [0.2, 0.25) is 0 Å². The number of halogens is 1. The lowest BCUT2D eigenvalue weighted by Crippen LogP contribution is -2.18. The van der Waals surface area contributed by atoms with E-state index >= 15 is 0 Å². The maximum Gasteiger partial charge on any atom is 0.136 e. The molecule has 0 aliphatic rings. The van der Waals surface area contributed by atoms with E-state index in [2.05, 4.69) is 45.8 Å². The van der Waals surface area contributed by atoms with Gasteiger partial charge in [-0.2, -0.15) is 0 Å². The van der Waals surface area contributed by atoms with E-state index in [4.69, 9.17) is 0 Å². The van der Waals surface area contributed by atoms with E-state index in [1.54, 1.807) is 6.33 Å². The van der Waals surface area contributed by atoms with Gasteiger partial charge in [-0.25, -0.2) is 4.98 Å². The Bertz CT molecular complexity index is 595. The van der Waals surface area contributed by atoms with Crippen molar-refractivity contribution in [3.8, 4) is 0 Å². The number of aromatic amines is 1. The highest BCUT2D eigenvalue weighted by Crippen LogP contribution is 2.33. The molecule has 0 saturated heterocycles. The molecule has 2 atom stereocenters. The van der Waals surface area contributed by atoms with Crippen LogP contribution >= 0.6 is 15.9 Å². The van der Waals surface area contributed by atoms with E-state index in [0.29, 0.717) is 12.2 Å². The number of carbonyl (C=O) groups is 1. The summed E-state index contributed by atoms with van der Waals surface area (Å²) in [7, 11) is 0. The molecule has 2 aromatic rings. The fourth-order valence-electron chi connectivity index (χ4n) is 2.91. The predicted molar refractivity (Wildman–Crippen MR) is 92.9 cm³/mol. The van der Waals surface area contributed by atoms with Crippen molar-refractivity contribution in [2.45, 2.75) is 45.4 Å². The van der Waals surface area contributed by atoms with Crippen molar-refractivity contribution in [3.63, 3.8) is 0 Å². The van der Waals surface area contributed by atoms with Crippen LogP contribution in [0, 0.1) is 5.92 Å². The Morgan fingerprint density at radius 1 is 1.32 bits per heavy atom. The Morgan fingerprint density at radius 2 is 2.09 bits per heavy atom. The minimum Gasteiger partial charge on any atom is -0.348 e. The van der Waals surface area contributed by atoms with E-state index < -0.39 is 0 Å². The third-order valence-corrected chi connectivity index (χ3v) is 4.89. The van der Waals surface area contributed by atoms with Gasteiger partial charge in [-0.3, -0.25) is 4.79 Å². The average molecular weight is 363 g/mol. The van der Waals surface area contributed by atoms with Crippen LogP contribution in [0.5, 0.6) is 0 Å². The summed E-state index contributed by atoms with van der Waals surface area (Å²) < 4.78 is 1.03. The lowest BCUT2D eigenvalue weighted by molar-refractivity contribution is -0.123. The number of imidazole rings is 1. The number of nitrogens with zero attached hydrogens (tertiary/aromatic N) is 1. The molecule has 22 heavy (non-hydrogen) atoms. The first-order chi connectivity index (χ1) is 10.7. The number of carbonyl (C=O) groups excluding carboxylic acids is 1. The van der Waals surface area contributed by atoms with Gasteiger partial charge in [0.15, 0.2) is 0 Å². The van der Waals surface area contributed by atoms with Gasteiger partial charge in [-0.15, -0.1) is 0 Å². The standard InChI is InChI=1S/C18H23BrN2O/c1-3-7-13(4-2)18(22)10-15(17-11-20-12-21-17)14-8-5-6-9-16(14)19/h5-6,8-9,11-13,15H,3-4,7,10H2,1-2H3,(H,20,21). The molecule has 1 heterocycles. The molecule has 0 aliphatic heterocycles. The summed E-state index contributed by atoms with van der Waals surface area (Å²) in [6, 6.07) is 8.10. The molecular weight excluding hydrogens is 340 g/mol. The van der Waals surface area contributed by atoms with E-state index in [1.807, 2.05) is 24.4 Å². The van der Waals surface area contributed by atoms with Crippen molar-refractivity contribution in [1.82, 2.24) is 9.97 Å². The quantitative estimate of drug-likeness (QED) is 0.710. The summed E-state index contributed by atoms with van der Waals surface area (Å²) in [5, 5.41) is 0. The van der Waals surface area contributed by atoms with Gasteiger partial charge in [0.05, 0.1) is 6.33 Å². The molecule has 0 spiro atoms. The molecule has 1 N–H and O–H groups in total. The van der Waals surface area contributed by atoms with E-state index in [0.717, 1.165) is 35.0 Å². The van der Waals surface area contributed by atoms with Gasteiger partial charge in [-0.05, 0) is 24.5 Å². The van der Waals surface area contributed by atoms with Crippen LogP contribution in [0.15, 0.2) is 41.3 Å². The Hall–Kier alpha value is -1.42. The second-order valence-electron chi connectivity index (χ2n) is 5.65. The molecule has 0 amide bonds. The van der Waals surface area contributed by atoms with Gasteiger partial charge in [-0.1, -0.05) is 54.4 Å². The molecular formula is C18H23BrN2O. The van der Waals surface area contributed by atoms with Crippen molar-refractivity contribution in [2.75, 3.05) is 0 Å². The van der Waals surface area contributed by atoms with Gasteiger partial charge in [0.25, 0.3) is 0 Å². The molecule has 2 unspecified atom stereocenters. The van der Waals surface area contributed by atoms with Crippen molar-refractivity contribution in [3.05, 3.63) is 52.5 Å². The molecule has 0 saturated carbocycles. The molecule has 0 bridgehead atoms. The number of rotatable bonds is 8. The lowest BCUT2D eigenvalue weighted by atomic mass is 9.85. The highest BCUT2D eigenvalue weighted by molar-refractivity contribution is 9.10. The second-order valence-corrected chi connectivity index (χ2v) is 6.50. The molecule has 4 heteroatoms. The first-order valence-corrected chi connectivity index (χ1v) is 8.72. The van der Waals surface area contributed by atoms with Crippen LogP contribution in [0.25, 0.3) is 0 Å². The molecule has 1 aromatic heterocycles. The van der Waals surface area contributed by atoms with Crippen LogP contribution in [-0.4, -0.2) is 15.8 Å². The van der Waals surface area contributed by atoms with Crippen LogP contribution in [0.1, 0.15) is 56.7 Å². The summed E-state index contributed by atoms with van der Waals surface area (Å²) in [5.41, 5.74) is 2.12. The monoisotopic (exact) mass is 362 g/mol. The van der Waals surface area contributed by atoms with E-state index in [9.17, 15) is 4.79 Å². The van der Waals surface area contributed by atoms with Crippen molar-refractivity contribution in [2.24, 2.45) is 5.92 Å². The second kappa shape index (κ2) is 8.28. The molecule has 0 fully saturated rings. The topological polar surface area (TPSA) is 45.8 Å². The molecule has 0 aliphatic carbocycles. The number of benzene rings is 1. The van der Waals surface area contributed by atoms with Gasteiger partial charge < -0.3 is 4.98 Å². The number of hydrogen-bond acceptors (Lipinski definition) is 2. The Morgan fingerprint density at radius 3 is 2.68 bits per heavy atom. The third kappa shape index (κ3) is 4.07. The van der Waals surface area contributed by atoms with Crippen LogP contribution in [-0.2, 0) is 4.79 Å². The summed E-state index contributed by atoms with van der Waals surface area (Å²) in [6.45, 7) is 4.23. The van der Waals surface area contributed by atoms with E-state index in [1.165, 1.54) is 0 Å². The predicted octanol–water partition coefficient (Wildman–Crippen LogP) is 5.09. The van der Waals surface area contributed by atoms with Gasteiger partial charge >= 0.3 is 0 Å². The van der Waals surface area contributed by atoms with Gasteiger partial charge in [0.1, 0.15) is 5.78 Å². The Labute approximate surface area is 140 Å². The number of nitrogens with one attached hydrogen (secondary N) is 1. The zero-order valence-electron chi connectivity index (χ0n) is 13.2. The fourth-order valence-corrected chi connectivity index (χ4v) is 3.47. The largest absolute Gasteiger partial charge is 0.348 e. The fraction of sp³-hybridized carbons (Fsp3) is 0.444. The highest BCUT2D eigenvalue weighted by atomic mass is 79.9. The molecule has 2 rings (SSSR count). The summed E-state index contributed by atoms with van der Waals surface area (Å²) >= 11 is 3.61. The number of H-pyrrole nitrogens is 1. The van der Waals surface area contributed by atoms with Crippen LogP contribution < -0.4 is 0 Å². The minimum absolute atomic E-state index is 0.0245. The van der Waals surface area contributed by atoms with Crippen LogP contribution in [0.3, 0.4) is 0 Å². The molecule has 3 nitrogen and oxygen atoms in total. The number of Topliss-reactive ketones (excluding diaryl/α,β-unsaturated/α-hetero) is 1. The van der Waals surface area contributed by atoms with Crippen molar-refractivity contribution in [1.29, 1.82) is 0 Å². The summed E-state index contributed by atoms with van der Waals surface area (Å²) in [4.78, 5) is 20.0. The minimum atomic E-state index is 0.0245. The summed E-state index contributed by atoms with van der Waals surface area (Å²) in [5.74, 6) is 0.536. The lowest BCUT2D eigenvalue weighted by Gasteiger charge is -2.20. The molecule has 118 valence electrons. The first kappa shape index (κ1) is 16.9. The molecule has 1 aromatic carbocycles. The number of aromatic nitrogens is 2. The Kier molecular flexibility index (Phi) is 6.37. The highest BCUT2D eigenvalue weighted by Gasteiger charge is 2.25. The smallest absolute Gasteiger partial charge is 0.136 e. The van der Waals surface area contributed by atoms with Crippen molar-refractivity contribution >= 4 is 21.7 Å². The third-order valence-electron chi connectivity index (χ3n) is 4.17. The number of hydrogen-bond donors (Lipinski definition) is 1. The Balaban J connectivity index is 2.27. The first-order valence-electron chi connectivity index (χ1n) is 7.92. The average Bonchev–Trinajstić information content (AvgIpc) is 3.05. The summed E-state index contributed by atoms with van der Waals surface area (Å²) in [6.07, 6.45) is 6.95. The van der Waals surface area contributed by atoms with E-state index in [-0.39, 0.29) is 11.8 Å². The number of ketones is 1. The van der Waals surface area contributed by atoms with Crippen LogP contribution in [0.4, 0.5) is 0 Å². The van der Waals surface area contributed by atoms with Crippen molar-refractivity contribution < 1.29 is 4.79 Å². The van der Waals surface area contributed by atoms with Crippen LogP contribution in [0.2, 0.25) is 0 Å². The zero-order chi connectivity index (χ0) is 15.9. The maximum absolute atomic E-state index is 12.7. The normalized spacial score (nSPS) is 13.8. The maximum atomic E-state index is 12.7. The van der Waals surface area contributed by atoms with Gasteiger partial charge in [0, 0.05) is 34.6 Å². The SMILES string of the molecule is CCCC(CC)C(=O)CC(c1cnc[nH]1)c1ccccc1Br.